The SMILES string of the molecule is Cc1c(C(=O)Nc2ccc3c(c2)OCCO3)oc2c1/C(=N/NC(=O)c1cccc3ccccc13)CCC2. The zero-order chi connectivity index (χ0) is 25.4. The number of benzene rings is 3. The number of nitrogens with one attached hydrogen (secondary N) is 2. The highest BCUT2D eigenvalue weighted by molar-refractivity contribution is 6.11. The number of aryl methyl sites for hydroxylation is 1. The highest BCUT2D eigenvalue weighted by atomic mass is 16.6. The van der Waals surface area contributed by atoms with E-state index in [1.54, 1.807) is 24.3 Å². The molecule has 37 heavy (non-hydrogen) atoms. The van der Waals surface area contributed by atoms with Gasteiger partial charge in [0.05, 0.1) is 5.71 Å². The number of nitrogens with zero attached hydrogens (tertiary/aromatic N) is 1. The zero-order valence-corrected chi connectivity index (χ0v) is 20.3. The lowest BCUT2D eigenvalue weighted by Crippen LogP contribution is -2.22. The van der Waals surface area contributed by atoms with Crippen molar-refractivity contribution in [3.63, 3.8) is 0 Å². The molecule has 2 heterocycles. The molecule has 0 bridgehead atoms. The van der Waals surface area contributed by atoms with Crippen LogP contribution in [-0.4, -0.2) is 30.7 Å². The maximum Gasteiger partial charge on any atom is 0.291 e. The van der Waals surface area contributed by atoms with Crippen LogP contribution in [0.2, 0.25) is 0 Å². The average Bonchev–Trinajstić information content (AvgIpc) is 3.28. The molecule has 8 nitrogen and oxygen atoms in total. The van der Waals surface area contributed by atoms with Crippen LogP contribution in [0.15, 0.2) is 70.2 Å². The van der Waals surface area contributed by atoms with Gasteiger partial charge >= 0.3 is 0 Å². The van der Waals surface area contributed by atoms with Crippen molar-refractivity contribution in [3.05, 3.63) is 88.9 Å². The number of amides is 2. The molecule has 6 rings (SSSR count). The summed E-state index contributed by atoms with van der Waals surface area (Å²) in [5.41, 5.74) is 6.05. The van der Waals surface area contributed by atoms with Crippen molar-refractivity contribution in [1.82, 2.24) is 5.43 Å². The molecule has 1 aliphatic heterocycles. The summed E-state index contributed by atoms with van der Waals surface area (Å²) in [5, 5.41) is 9.21. The van der Waals surface area contributed by atoms with Crippen LogP contribution in [0, 0.1) is 6.92 Å². The Labute approximate surface area is 213 Å². The molecule has 0 fully saturated rings. The Morgan fingerprint density at radius 3 is 2.59 bits per heavy atom. The van der Waals surface area contributed by atoms with Crippen LogP contribution < -0.4 is 20.2 Å². The van der Waals surface area contributed by atoms with E-state index in [4.69, 9.17) is 13.9 Å². The molecule has 0 unspecified atom stereocenters. The molecule has 8 heteroatoms. The Morgan fingerprint density at radius 2 is 1.70 bits per heavy atom. The first-order valence-corrected chi connectivity index (χ1v) is 12.3. The number of hydrogen-bond donors (Lipinski definition) is 2. The predicted octanol–water partition coefficient (Wildman–Crippen LogP) is 5.24. The molecule has 2 aliphatic rings. The molecule has 0 spiro atoms. The van der Waals surface area contributed by atoms with Gasteiger partial charge in [0.15, 0.2) is 17.3 Å². The van der Waals surface area contributed by atoms with Crippen molar-refractivity contribution in [1.29, 1.82) is 0 Å². The van der Waals surface area contributed by atoms with E-state index in [1.807, 2.05) is 43.3 Å². The van der Waals surface area contributed by atoms with Crippen LogP contribution in [-0.2, 0) is 6.42 Å². The number of carbonyl (C=O) groups is 2. The Kier molecular flexibility index (Phi) is 5.84. The van der Waals surface area contributed by atoms with Crippen LogP contribution >= 0.6 is 0 Å². The van der Waals surface area contributed by atoms with Crippen LogP contribution in [0.1, 0.15) is 50.6 Å². The van der Waals surface area contributed by atoms with Crippen LogP contribution in [0.25, 0.3) is 10.8 Å². The molecule has 186 valence electrons. The van der Waals surface area contributed by atoms with Crippen molar-refractivity contribution in [2.24, 2.45) is 5.10 Å². The van der Waals surface area contributed by atoms with Gasteiger partial charge in [-0.05, 0) is 48.7 Å². The van der Waals surface area contributed by atoms with E-state index in [1.165, 1.54) is 0 Å². The molecule has 3 aromatic carbocycles. The smallest absolute Gasteiger partial charge is 0.291 e. The lowest BCUT2D eigenvalue weighted by molar-refractivity contribution is 0.0955. The topological polar surface area (TPSA) is 102 Å². The summed E-state index contributed by atoms with van der Waals surface area (Å²) in [6.07, 6.45) is 2.18. The van der Waals surface area contributed by atoms with Gasteiger partial charge in [-0.3, -0.25) is 9.59 Å². The first kappa shape index (κ1) is 22.8. The minimum atomic E-state index is -0.359. The number of ether oxygens (including phenoxy) is 2. The Hall–Kier alpha value is -4.59. The second kappa shape index (κ2) is 9.46. The first-order chi connectivity index (χ1) is 18.1. The monoisotopic (exact) mass is 495 g/mol. The molecule has 2 amide bonds. The van der Waals surface area contributed by atoms with Crippen molar-refractivity contribution in [2.45, 2.75) is 26.2 Å². The summed E-state index contributed by atoms with van der Waals surface area (Å²) in [6, 6.07) is 18.6. The van der Waals surface area contributed by atoms with Gasteiger partial charge in [-0.1, -0.05) is 36.4 Å². The molecule has 0 radical (unpaired) electrons. The molecule has 0 atom stereocenters. The lowest BCUT2D eigenvalue weighted by atomic mass is 9.93. The lowest BCUT2D eigenvalue weighted by Gasteiger charge is -2.18. The van der Waals surface area contributed by atoms with Gasteiger partial charge in [0.1, 0.15) is 19.0 Å². The molecule has 2 N–H and O–H groups in total. The van der Waals surface area contributed by atoms with E-state index in [9.17, 15) is 9.59 Å². The fourth-order valence-electron chi connectivity index (χ4n) is 4.91. The number of carbonyl (C=O) groups excluding carboxylic acids is 2. The number of fused-ring (bicyclic) bond motifs is 3. The number of rotatable bonds is 4. The molecule has 0 saturated heterocycles. The Balaban J connectivity index is 1.24. The summed E-state index contributed by atoms with van der Waals surface area (Å²) in [7, 11) is 0. The van der Waals surface area contributed by atoms with Gasteiger partial charge in [-0.2, -0.15) is 5.10 Å². The summed E-state index contributed by atoms with van der Waals surface area (Å²) in [6.45, 7) is 2.81. The maximum atomic E-state index is 13.1. The summed E-state index contributed by atoms with van der Waals surface area (Å²) in [4.78, 5) is 26.1. The van der Waals surface area contributed by atoms with Crippen LogP contribution in [0.5, 0.6) is 11.5 Å². The minimum Gasteiger partial charge on any atom is -0.486 e. The molecular weight excluding hydrogens is 470 g/mol. The third-order valence-electron chi connectivity index (χ3n) is 6.66. The second-order valence-electron chi connectivity index (χ2n) is 9.05. The van der Waals surface area contributed by atoms with Gasteiger partial charge in [-0.25, -0.2) is 5.43 Å². The predicted molar refractivity (Wildman–Crippen MR) is 140 cm³/mol. The normalized spacial score (nSPS) is 15.3. The highest BCUT2D eigenvalue weighted by Gasteiger charge is 2.28. The van der Waals surface area contributed by atoms with Gasteiger partial charge in [0.25, 0.3) is 11.8 Å². The summed E-state index contributed by atoms with van der Waals surface area (Å²) >= 11 is 0. The largest absolute Gasteiger partial charge is 0.486 e. The third kappa shape index (κ3) is 4.31. The average molecular weight is 496 g/mol. The van der Waals surface area contributed by atoms with E-state index in [2.05, 4.69) is 15.8 Å². The van der Waals surface area contributed by atoms with Gasteiger partial charge in [-0.15, -0.1) is 0 Å². The van der Waals surface area contributed by atoms with E-state index in [0.29, 0.717) is 65.8 Å². The quantitative estimate of drug-likeness (QED) is 0.377. The molecule has 1 aliphatic carbocycles. The minimum absolute atomic E-state index is 0.231. The molecule has 1 aromatic heterocycles. The molecule has 4 aromatic rings. The second-order valence-corrected chi connectivity index (χ2v) is 9.05. The van der Waals surface area contributed by atoms with Crippen LogP contribution in [0.4, 0.5) is 5.69 Å². The standard InChI is InChI=1S/C29H25N3O5/c1-17-26-22(31-32-28(33)21-9-4-7-18-6-2-3-8-20(18)21)10-5-11-24(26)37-27(17)29(34)30-19-12-13-23-25(16-19)36-15-14-35-23/h2-4,6-9,12-13,16H,5,10-11,14-15H2,1H3,(H,30,34)(H,32,33)/b31-22+. The van der Waals surface area contributed by atoms with Gasteiger partial charge in [0.2, 0.25) is 0 Å². The van der Waals surface area contributed by atoms with Crippen LogP contribution in [0.3, 0.4) is 0 Å². The third-order valence-corrected chi connectivity index (χ3v) is 6.66. The number of hydrogen-bond acceptors (Lipinski definition) is 6. The molecular formula is C29H25N3O5. The summed E-state index contributed by atoms with van der Waals surface area (Å²) < 4.78 is 17.2. The fourth-order valence-corrected chi connectivity index (χ4v) is 4.91. The van der Waals surface area contributed by atoms with E-state index >= 15 is 0 Å². The number of furan rings is 1. The summed E-state index contributed by atoms with van der Waals surface area (Å²) in [5.74, 6) is 1.54. The van der Waals surface area contributed by atoms with Crippen molar-refractivity contribution in [2.75, 3.05) is 18.5 Å². The van der Waals surface area contributed by atoms with Crippen molar-refractivity contribution >= 4 is 34.0 Å². The van der Waals surface area contributed by atoms with E-state index in [0.717, 1.165) is 22.8 Å². The number of anilines is 1. The van der Waals surface area contributed by atoms with Crippen molar-refractivity contribution < 1.29 is 23.5 Å². The molecule has 0 saturated carbocycles. The fraction of sp³-hybridized carbons (Fsp3) is 0.207. The Bertz CT molecular complexity index is 1560. The van der Waals surface area contributed by atoms with E-state index in [-0.39, 0.29) is 17.6 Å². The van der Waals surface area contributed by atoms with E-state index < -0.39 is 0 Å². The van der Waals surface area contributed by atoms with Crippen molar-refractivity contribution in [3.8, 4) is 11.5 Å². The zero-order valence-electron chi connectivity index (χ0n) is 20.3. The Morgan fingerprint density at radius 1 is 0.892 bits per heavy atom. The highest BCUT2D eigenvalue weighted by Crippen LogP contribution is 2.34. The maximum absolute atomic E-state index is 13.1. The first-order valence-electron chi connectivity index (χ1n) is 12.3. The van der Waals surface area contributed by atoms with Gasteiger partial charge < -0.3 is 19.2 Å². The van der Waals surface area contributed by atoms with Gasteiger partial charge in [0, 0.05) is 34.9 Å². The number of hydrazone groups is 1.